The highest BCUT2D eigenvalue weighted by Gasteiger charge is 2.52. The van der Waals surface area contributed by atoms with Gasteiger partial charge in [-0.15, -0.1) is 5.10 Å². The molecule has 1 atom stereocenters. The standard InChI is InChI=1S/C23H30N4O3/c1-16-12-24-25-21(17(16)2)27-14-23(15-27,11-18-6-4-8-20(10-18)30-3)22(29)26-9-5-7-19(28)13-26/h4,6,8,10,12,19,28H,5,7,9,11,13-15H2,1-3H3. The highest BCUT2D eigenvalue weighted by molar-refractivity contribution is 5.87. The molecule has 0 radical (unpaired) electrons. The van der Waals surface area contributed by atoms with E-state index in [1.165, 1.54) is 0 Å². The summed E-state index contributed by atoms with van der Waals surface area (Å²) in [5.41, 5.74) is 2.73. The first-order chi connectivity index (χ1) is 14.4. The van der Waals surface area contributed by atoms with Gasteiger partial charge in [0.1, 0.15) is 5.75 Å². The number of β-amino-alcohol motifs (C(OH)–C–C–N with tert-alkyl or cyclic N) is 1. The maximum atomic E-state index is 13.7. The Bertz CT molecular complexity index is 926. The lowest BCUT2D eigenvalue weighted by atomic mass is 9.73. The van der Waals surface area contributed by atoms with Crippen LogP contribution in [0.4, 0.5) is 5.82 Å². The average molecular weight is 411 g/mol. The molecule has 4 rings (SSSR count). The van der Waals surface area contributed by atoms with Crippen LogP contribution in [-0.4, -0.2) is 65.5 Å². The molecule has 2 aromatic rings. The molecule has 2 fully saturated rings. The van der Waals surface area contributed by atoms with Crippen LogP contribution in [-0.2, 0) is 11.2 Å². The number of hydrogen-bond donors (Lipinski definition) is 1. The molecule has 1 amide bonds. The lowest BCUT2D eigenvalue weighted by molar-refractivity contribution is -0.147. The van der Waals surface area contributed by atoms with Crippen molar-refractivity contribution in [3.05, 3.63) is 47.2 Å². The Kier molecular flexibility index (Phi) is 5.64. The van der Waals surface area contributed by atoms with Gasteiger partial charge in [-0.25, -0.2) is 0 Å². The van der Waals surface area contributed by atoms with Crippen LogP contribution in [0.2, 0.25) is 0 Å². The third-order valence-corrected chi connectivity index (χ3v) is 6.43. The zero-order chi connectivity index (χ0) is 21.3. The first-order valence-electron chi connectivity index (χ1n) is 10.6. The molecule has 30 heavy (non-hydrogen) atoms. The lowest BCUT2D eigenvalue weighted by Crippen LogP contribution is -2.66. The number of amides is 1. The molecule has 2 aliphatic heterocycles. The molecule has 0 aliphatic carbocycles. The average Bonchev–Trinajstić information content (AvgIpc) is 2.72. The summed E-state index contributed by atoms with van der Waals surface area (Å²) in [7, 11) is 1.65. The van der Waals surface area contributed by atoms with E-state index in [4.69, 9.17) is 4.74 Å². The quantitative estimate of drug-likeness (QED) is 0.814. The number of aliphatic hydroxyl groups is 1. The van der Waals surface area contributed by atoms with Gasteiger partial charge in [-0.2, -0.15) is 5.10 Å². The van der Waals surface area contributed by atoms with Crippen LogP contribution in [0.3, 0.4) is 0 Å². The van der Waals surface area contributed by atoms with E-state index in [9.17, 15) is 9.90 Å². The van der Waals surface area contributed by atoms with E-state index in [0.29, 0.717) is 32.6 Å². The minimum Gasteiger partial charge on any atom is -0.497 e. The summed E-state index contributed by atoms with van der Waals surface area (Å²) in [6, 6.07) is 7.92. The number of aromatic nitrogens is 2. The number of nitrogens with zero attached hydrogens (tertiary/aromatic N) is 4. The van der Waals surface area contributed by atoms with Crippen LogP contribution in [0.1, 0.15) is 29.5 Å². The van der Waals surface area contributed by atoms with E-state index in [2.05, 4.69) is 15.1 Å². The number of ether oxygens (including phenoxy) is 1. The number of anilines is 1. The van der Waals surface area contributed by atoms with Crippen LogP contribution in [0.25, 0.3) is 0 Å². The third-order valence-electron chi connectivity index (χ3n) is 6.43. The number of likely N-dealkylation sites (tertiary alicyclic amines) is 1. The van der Waals surface area contributed by atoms with Crippen molar-refractivity contribution < 1.29 is 14.6 Å². The number of carbonyl (C=O) groups excluding carboxylic acids is 1. The number of methoxy groups -OCH3 is 1. The minimum atomic E-state index is -0.540. The highest BCUT2D eigenvalue weighted by atomic mass is 16.5. The van der Waals surface area contributed by atoms with Crippen molar-refractivity contribution in [2.75, 3.05) is 38.2 Å². The second kappa shape index (κ2) is 8.22. The van der Waals surface area contributed by atoms with Gasteiger partial charge in [0.05, 0.1) is 24.8 Å². The minimum absolute atomic E-state index is 0.124. The molecule has 0 saturated carbocycles. The van der Waals surface area contributed by atoms with E-state index in [0.717, 1.165) is 41.1 Å². The lowest BCUT2D eigenvalue weighted by Gasteiger charge is -2.52. The van der Waals surface area contributed by atoms with Gasteiger partial charge < -0.3 is 19.6 Å². The molecule has 1 unspecified atom stereocenters. The molecule has 160 valence electrons. The number of benzene rings is 1. The summed E-state index contributed by atoms with van der Waals surface area (Å²) in [6.45, 7) is 6.38. The predicted molar refractivity (Wildman–Crippen MR) is 115 cm³/mol. The number of carbonyl (C=O) groups is 1. The van der Waals surface area contributed by atoms with Crippen molar-refractivity contribution in [3.63, 3.8) is 0 Å². The topological polar surface area (TPSA) is 78.8 Å². The van der Waals surface area contributed by atoms with Crippen molar-refractivity contribution in [3.8, 4) is 5.75 Å². The van der Waals surface area contributed by atoms with Crippen LogP contribution < -0.4 is 9.64 Å². The van der Waals surface area contributed by atoms with Crippen molar-refractivity contribution in [2.24, 2.45) is 5.41 Å². The normalized spacial score (nSPS) is 20.6. The van der Waals surface area contributed by atoms with Gasteiger partial charge >= 0.3 is 0 Å². The van der Waals surface area contributed by atoms with E-state index < -0.39 is 11.5 Å². The maximum Gasteiger partial charge on any atom is 0.232 e. The maximum absolute atomic E-state index is 13.7. The number of aryl methyl sites for hydroxylation is 1. The third kappa shape index (κ3) is 3.86. The second-order valence-electron chi connectivity index (χ2n) is 8.69. The van der Waals surface area contributed by atoms with Crippen LogP contribution >= 0.6 is 0 Å². The van der Waals surface area contributed by atoms with Gasteiger partial charge in [-0.1, -0.05) is 12.1 Å². The Morgan fingerprint density at radius 3 is 2.87 bits per heavy atom. The molecule has 1 aromatic heterocycles. The fourth-order valence-corrected chi connectivity index (χ4v) is 4.62. The van der Waals surface area contributed by atoms with Crippen LogP contribution in [0.15, 0.2) is 30.5 Å². The van der Waals surface area contributed by atoms with Gasteiger partial charge in [0, 0.05) is 26.2 Å². The van der Waals surface area contributed by atoms with Crippen LogP contribution in [0.5, 0.6) is 5.75 Å². The predicted octanol–water partition coefficient (Wildman–Crippen LogP) is 2.13. The number of rotatable bonds is 5. The first kappa shape index (κ1) is 20.6. The summed E-state index contributed by atoms with van der Waals surface area (Å²) in [5, 5.41) is 18.5. The molecule has 1 N–H and O–H groups in total. The van der Waals surface area contributed by atoms with Crippen molar-refractivity contribution in [1.29, 1.82) is 0 Å². The molecule has 2 aliphatic rings. The number of piperidine rings is 1. The molecule has 0 bridgehead atoms. The van der Waals surface area contributed by atoms with Gasteiger partial charge in [-0.05, 0) is 61.9 Å². The van der Waals surface area contributed by atoms with Crippen molar-refractivity contribution in [1.82, 2.24) is 15.1 Å². The smallest absolute Gasteiger partial charge is 0.232 e. The zero-order valence-corrected chi connectivity index (χ0v) is 18.0. The molecule has 7 nitrogen and oxygen atoms in total. The SMILES string of the molecule is COc1cccc(CC2(C(=O)N3CCCC(O)C3)CN(c3nncc(C)c3C)C2)c1. The van der Waals surface area contributed by atoms with E-state index in [1.54, 1.807) is 13.3 Å². The van der Waals surface area contributed by atoms with E-state index >= 15 is 0 Å². The Balaban J connectivity index is 1.60. The molecular weight excluding hydrogens is 380 g/mol. The Hall–Kier alpha value is -2.67. The molecular formula is C23H30N4O3. The van der Waals surface area contributed by atoms with Gasteiger partial charge in [0.25, 0.3) is 0 Å². The van der Waals surface area contributed by atoms with Crippen LogP contribution in [0, 0.1) is 19.3 Å². The van der Waals surface area contributed by atoms with Gasteiger partial charge in [0.15, 0.2) is 5.82 Å². The first-order valence-corrected chi connectivity index (χ1v) is 10.6. The van der Waals surface area contributed by atoms with Crippen molar-refractivity contribution >= 4 is 11.7 Å². The monoisotopic (exact) mass is 410 g/mol. The number of aliphatic hydroxyl groups excluding tert-OH is 1. The second-order valence-corrected chi connectivity index (χ2v) is 8.69. The fraction of sp³-hybridized carbons (Fsp3) is 0.522. The van der Waals surface area contributed by atoms with E-state index in [-0.39, 0.29) is 5.91 Å². The summed E-state index contributed by atoms with van der Waals surface area (Å²) in [4.78, 5) is 17.7. The van der Waals surface area contributed by atoms with Gasteiger partial charge in [0.2, 0.25) is 5.91 Å². The summed E-state index contributed by atoms with van der Waals surface area (Å²) >= 11 is 0. The molecule has 2 saturated heterocycles. The molecule has 3 heterocycles. The van der Waals surface area contributed by atoms with Gasteiger partial charge in [-0.3, -0.25) is 4.79 Å². The van der Waals surface area contributed by atoms with Crippen molar-refractivity contribution in [2.45, 2.75) is 39.2 Å². The molecule has 0 spiro atoms. The fourth-order valence-electron chi connectivity index (χ4n) is 4.62. The Labute approximate surface area is 177 Å². The highest BCUT2D eigenvalue weighted by Crippen LogP contribution is 2.40. The van der Waals surface area contributed by atoms with E-state index in [1.807, 2.05) is 43.0 Å². The molecule has 1 aromatic carbocycles. The molecule has 7 heteroatoms. The summed E-state index contributed by atoms with van der Waals surface area (Å²) in [6.07, 6.45) is 3.57. The summed E-state index contributed by atoms with van der Waals surface area (Å²) < 4.78 is 5.37. The number of hydrogen-bond acceptors (Lipinski definition) is 6. The Morgan fingerprint density at radius 2 is 2.13 bits per heavy atom. The summed E-state index contributed by atoms with van der Waals surface area (Å²) in [5.74, 6) is 1.77. The largest absolute Gasteiger partial charge is 0.497 e. The Morgan fingerprint density at radius 1 is 1.33 bits per heavy atom. The zero-order valence-electron chi connectivity index (χ0n) is 18.0.